The number of ether oxygens (including phenoxy) is 1. The molecule has 4 fully saturated rings. The van der Waals surface area contributed by atoms with Crippen molar-refractivity contribution in [3.63, 3.8) is 0 Å². The van der Waals surface area contributed by atoms with E-state index in [-0.39, 0.29) is 29.9 Å². The third kappa shape index (κ3) is 4.71. The number of carbonyl (C=O) groups excluding carboxylic acids is 1. The van der Waals surface area contributed by atoms with E-state index in [0.717, 1.165) is 84.7 Å². The normalized spacial score (nSPS) is 22.6. The summed E-state index contributed by atoms with van der Waals surface area (Å²) in [6.45, 7) is 3.12. The van der Waals surface area contributed by atoms with Crippen LogP contribution in [0.1, 0.15) is 60.7 Å². The van der Waals surface area contributed by atoms with E-state index >= 15 is 0 Å². The van der Waals surface area contributed by atoms with Crippen molar-refractivity contribution in [3.05, 3.63) is 60.2 Å². The van der Waals surface area contributed by atoms with Gasteiger partial charge in [0.15, 0.2) is 5.82 Å². The molecule has 2 bridgehead atoms. The summed E-state index contributed by atoms with van der Waals surface area (Å²) in [5.74, 6) is 3.45. The van der Waals surface area contributed by atoms with Crippen LogP contribution in [-0.4, -0.2) is 78.7 Å². The molecule has 48 heavy (non-hydrogen) atoms. The molecule has 4 aromatic heterocycles. The van der Waals surface area contributed by atoms with E-state index in [0.29, 0.717) is 29.7 Å². The van der Waals surface area contributed by atoms with Gasteiger partial charge in [-0.15, -0.1) is 0 Å². The van der Waals surface area contributed by atoms with E-state index in [4.69, 9.17) is 20.4 Å². The van der Waals surface area contributed by atoms with Crippen LogP contribution in [0.15, 0.2) is 48.8 Å². The van der Waals surface area contributed by atoms with Gasteiger partial charge in [0.25, 0.3) is 5.91 Å². The van der Waals surface area contributed by atoms with Crippen LogP contribution in [0.2, 0.25) is 0 Å². The van der Waals surface area contributed by atoms with Crippen LogP contribution in [0.3, 0.4) is 0 Å². The minimum Gasteiger partial charge on any atom is -0.494 e. The number of amides is 1. The number of hydrogen-bond donors (Lipinski definition) is 1. The molecule has 0 unspecified atom stereocenters. The number of hydrogen-bond acceptors (Lipinski definition) is 9. The standard InChI is InChI=1S/C36H38N10O2/c1-48-29-17-24(36(47)45-20-23-6-7-27(45)32(23)38)15-26-33(29)46(25-9-13-43(14-10-25)31-8-12-39-30(18-37)42-31)35(41-26)28-16-22-3-2-11-40-34(22)44(28)19-21-4-5-21/h2-3,8,11-12,15-17,21,23,25,27,32H,4-7,9-10,13-14,19-20,38H2,1H3/t23-,27-,32-/m1/s1. The second-order valence-electron chi connectivity index (χ2n) is 13.9. The highest BCUT2D eigenvalue weighted by Crippen LogP contribution is 2.42. The maximum Gasteiger partial charge on any atom is 0.254 e. The maximum atomic E-state index is 14.0. The fraction of sp³-hybridized carbons (Fsp3) is 0.444. The number of methoxy groups -OCH3 is 1. The third-order valence-corrected chi connectivity index (χ3v) is 11.0. The number of carbonyl (C=O) groups is 1. The van der Waals surface area contributed by atoms with Crippen LogP contribution in [0.4, 0.5) is 5.82 Å². The highest BCUT2D eigenvalue weighted by Gasteiger charge is 2.47. The zero-order valence-corrected chi connectivity index (χ0v) is 27.0. The van der Waals surface area contributed by atoms with Gasteiger partial charge in [-0.2, -0.15) is 5.26 Å². The number of nitrogens with two attached hydrogens (primary N) is 1. The molecule has 244 valence electrons. The minimum absolute atomic E-state index is 0.00380. The Bertz CT molecular complexity index is 2100. The Morgan fingerprint density at radius 2 is 1.90 bits per heavy atom. The van der Waals surface area contributed by atoms with Crippen LogP contribution < -0.4 is 15.4 Å². The van der Waals surface area contributed by atoms with Crippen LogP contribution >= 0.6 is 0 Å². The van der Waals surface area contributed by atoms with Crippen molar-refractivity contribution >= 4 is 33.8 Å². The van der Waals surface area contributed by atoms with Crippen molar-refractivity contribution in [2.45, 2.75) is 63.2 Å². The molecule has 1 aromatic carbocycles. The molecule has 12 nitrogen and oxygen atoms in total. The zero-order valence-electron chi connectivity index (χ0n) is 27.0. The lowest BCUT2D eigenvalue weighted by molar-refractivity contribution is 0.0700. The highest BCUT2D eigenvalue weighted by molar-refractivity contribution is 6.00. The van der Waals surface area contributed by atoms with Gasteiger partial charge in [-0.05, 0) is 86.8 Å². The van der Waals surface area contributed by atoms with Gasteiger partial charge in [-0.3, -0.25) is 4.79 Å². The summed E-state index contributed by atoms with van der Waals surface area (Å²) in [6, 6.07) is 14.3. The van der Waals surface area contributed by atoms with Crippen molar-refractivity contribution in [3.8, 4) is 23.3 Å². The lowest BCUT2D eigenvalue weighted by Crippen LogP contribution is -2.41. The van der Waals surface area contributed by atoms with Crippen molar-refractivity contribution in [2.75, 3.05) is 31.6 Å². The van der Waals surface area contributed by atoms with Gasteiger partial charge in [0.05, 0.1) is 18.3 Å². The first-order chi connectivity index (χ1) is 23.5. The Labute approximate surface area is 278 Å². The maximum absolute atomic E-state index is 14.0. The molecule has 2 saturated heterocycles. The third-order valence-electron chi connectivity index (χ3n) is 11.0. The minimum atomic E-state index is -0.00380. The fourth-order valence-electron chi connectivity index (χ4n) is 8.41. The molecule has 5 aromatic rings. The number of likely N-dealkylation sites (tertiary alicyclic amines) is 1. The van der Waals surface area contributed by atoms with E-state index in [2.05, 4.69) is 42.2 Å². The Morgan fingerprint density at radius 1 is 1.04 bits per heavy atom. The lowest BCUT2D eigenvalue weighted by Gasteiger charge is -2.34. The monoisotopic (exact) mass is 642 g/mol. The second-order valence-corrected chi connectivity index (χ2v) is 13.9. The average Bonchev–Trinajstić information content (AvgIpc) is 3.46. The summed E-state index contributed by atoms with van der Waals surface area (Å²) in [7, 11) is 1.67. The van der Waals surface area contributed by atoms with E-state index in [1.165, 1.54) is 12.8 Å². The van der Waals surface area contributed by atoms with Gasteiger partial charge in [-0.1, -0.05) is 0 Å². The Kier molecular flexibility index (Phi) is 6.86. The first-order valence-corrected chi connectivity index (χ1v) is 17.1. The van der Waals surface area contributed by atoms with Crippen LogP contribution in [0.5, 0.6) is 5.75 Å². The first-order valence-electron chi connectivity index (χ1n) is 17.1. The molecule has 2 aliphatic heterocycles. The van der Waals surface area contributed by atoms with Gasteiger partial charge in [0, 0.05) is 67.6 Å². The number of nitrogens with zero attached hydrogens (tertiary/aromatic N) is 9. The number of imidazole rings is 1. The average molecular weight is 643 g/mol. The van der Waals surface area contributed by atoms with Gasteiger partial charge < -0.3 is 29.4 Å². The number of pyridine rings is 1. The molecule has 0 radical (unpaired) electrons. The van der Waals surface area contributed by atoms with E-state index in [1.54, 1.807) is 13.3 Å². The molecular weight excluding hydrogens is 604 g/mol. The Morgan fingerprint density at radius 3 is 2.62 bits per heavy atom. The molecule has 6 heterocycles. The summed E-state index contributed by atoms with van der Waals surface area (Å²) in [4.78, 5) is 36.8. The van der Waals surface area contributed by atoms with Gasteiger partial charge in [0.1, 0.15) is 28.8 Å². The van der Waals surface area contributed by atoms with Crippen LogP contribution in [0, 0.1) is 23.2 Å². The number of rotatable bonds is 7. The molecule has 2 N–H and O–H groups in total. The summed E-state index contributed by atoms with van der Waals surface area (Å²) >= 11 is 0. The molecule has 4 aliphatic rings. The zero-order chi connectivity index (χ0) is 32.5. The van der Waals surface area contributed by atoms with Gasteiger partial charge >= 0.3 is 0 Å². The molecule has 9 rings (SSSR count). The van der Waals surface area contributed by atoms with Crippen molar-refractivity contribution in [1.82, 2.24) is 34.0 Å². The van der Waals surface area contributed by atoms with Crippen LogP contribution in [-0.2, 0) is 6.54 Å². The fourth-order valence-corrected chi connectivity index (χ4v) is 8.41. The molecular formula is C36H38N10O2. The predicted octanol–water partition coefficient (Wildman–Crippen LogP) is 4.54. The number of fused-ring (bicyclic) bond motifs is 4. The lowest BCUT2D eigenvalue weighted by atomic mass is 10.0. The van der Waals surface area contributed by atoms with Crippen LogP contribution in [0.25, 0.3) is 33.6 Å². The molecule has 12 heteroatoms. The van der Waals surface area contributed by atoms with E-state index in [1.807, 2.05) is 35.4 Å². The van der Waals surface area contributed by atoms with Gasteiger partial charge in [0.2, 0.25) is 5.82 Å². The van der Waals surface area contributed by atoms with Gasteiger partial charge in [-0.25, -0.2) is 19.9 Å². The summed E-state index contributed by atoms with van der Waals surface area (Å²) in [5.41, 5.74) is 10.7. The summed E-state index contributed by atoms with van der Waals surface area (Å²) in [6.07, 6.45) is 9.67. The molecule has 0 spiro atoms. The predicted molar refractivity (Wildman–Crippen MR) is 180 cm³/mol. The number of piperidine rings is 2. The van der Waals surface area contributed by atoms with E-state index < -0.39 is 0 Å². The number of nitriles is 1. The molecule has 1 amide bonds. The quantitative estimate of drug-likeness (QED) is 0.271. The van der Waals surface area contributed by atoms with Crippen molar-refractivity contribution in [2.24, 2.45) is 17.6 Å². The number of benzene rings is 1. The molecule has 2 saturated carbocycles. The Balaban J connectivity index is 1.16. The molecule has 2 aliphatic carbocycles. The Hall–Kier alpha value is -5.02. The smallest absolute Gasteiger partial charge is 0.254 e. The summed E-state index contributed by atoms with van der Waals surface area (Å²) < 4.78 is 10.8. The summed E-state index contributed by atoms with van der Waals surface area (Å²) in [5, 5.41) is 10.4. The number of anilines is 1. The molecule has 3 atom stereocenters. The topological polar surface area (TPSA) is 144 Å². The SMILES string of the molecule is COc1cc(C(=O)N2C[C@H]3CC[C@@H]2[C@@H]3N)cc2nc(-c3cc4cccnc4n3CC3CC3)n(C3CCN(c4ccnc(C#N)n4)CC3)c12. The largest absolute Gasteiger partial charge is 0.494 e. The first kappa shape index (κ1) is 29.1. The number of aromatic nitrogens is 6. The van der Waals surface area contributed by atoms with Crippen molar-refractivity contribution < 1.29 is 9.53 Å². The highest BCUT2D eigenvalue weighted by atomic mass is 16.5. The van der Waals surface area contributed by atoms with E-state index in [9.17, 15) is 10.1 Å². The second kappa shape index (κ2) is 11.3. The van der Waals surface area contributed by atoms with Crippen molar-refractivity contribution in [1.29, 1.82) is 5.26 Å².